The lowest BCUT2D eigenvalue weighted by atomic mass is 9.75. The first-order valence-corrected chi connectivity index (χ1v) is 10.6. The average Bonchev–Trinajstić information content (AvgIpc) is 3.03. The number of rotatable bonds is 11. The summed E-state index contributed by atoms with van der Waals surface area (Å²) in [4.78, 5) is 13.2. The summed E-state index contributed by atoms with van der Waals surface area (Å²) in [6.45, 7) is 7.62. The van der Waals surface area contributed by atoms with Gasteiger partial charge in [0.25, 0.3) is 0 Å². The van der Waals surface area contributed by atoms with E-state index in [1.54, 1.807) is 0 Å². The van der Waals surface area contributed by atoms with Crippen molar-refractivity contribution in [3.8, 4) is 11.5 Å². The fraction of sp³-hybridized carbons (Fsp3) is 0.609. The zero-order valence-corrected chi connectivity index (χ0v) is 16.8. The molecule has 1 fully saturated rings. The molecule has 1 saturated heterocycles. The van der Waals surface area contributed by atoms with Crippen molar-refractivity contribution >= 4 is 5.97 Å². The summed E-state index contributed by atoms with van der Waals surface area (Å²) in [5.74, 6) is 1.08. The summed E-state index contributed by atoms with van der Waals surface area (Å²) in [7, 11) is 0. The van der Waals surface area contributed by atoms with Gasteiger partial charge in [0, 0.05) is 30.1 Å². The second-order valence-corrected chi connectivity index (χ2v) is 8.09. The van der Waals surface area contributed by atoms with Gasteiger partial charge >= 0.3 is 5.97 Å². The smallest absolute Gasteiger partial charge is 0.304 e. The molecule has 1 atom stereocenters. The van der Waals surface area contributed by atoms with Gasteiger partial charge in [-0.1, -0.05) is 25.0 Å². The Morgan fingerprint density at radius 1 is 1.32 bits per heavy atom. The van der Waals surface area contributed by atoms with Gasteiger partial charge in [0.15, 0.2) is 0 Å². The molecule has 0 bridgehead atoms. The average molecular weight is 388 g/mol. The molecule has 1 N–H and O–H groups in total. The Morgan fingerprint density at radius 2 is 2.18 bits per heavy atom. The lowest BCUT2D eigenvalue weighted by Gasteiger charge is -2.39. The maximum atomic E-state index is 10.9. The molecule has 0 radical (unpaired) electrons. The number of aliphatic carboxylic acids is 1. The Kier molecular flexibility index (Phi) is 7.37. The molecule has 0 aromatic heterocycles. The van der Waals surface area contributed by atoms with Crippen LogP contribution < -0.4 is 9.47 Å². The third-order valence-electron chi connectivity index (χ3n) is 5.90. The zero-order chi connectivity index (χ0) is 19.8. The minimum Gasteiger partial charge on any atom is -0.493 e. The normalized spacial score (nSPS) is 21.3. The van der Waals surface area contributed by atoms with E-state index in [1.807, 2.05) is 12.1 Å². The molecule has 28 heavy (non-hydrogen) atoms. The Morgan fingerprint density at radius 3 is 3.00 bits per heavy atom. The molecule has 154 valence electrons. The number of allylic oxidation sites excluding steroid dienone is 1. The lowest BCUT2D eigenvalue weighted by molar-refractivity contribution is -0.137. The highest BCUT2D eigenvalue weighted by Crippen LogP contribution is 2.45. The molecule has 0 amide bonds. The summed E-state index contributed by atoms with van der Waals surface area (Å²) in [6.07, 6.45) is 10.1. The molecular weight excluding hydrogens is 354 g/mol. The second-order valence-electron chi connectivity index (χ2n) is 8.09. The third kappa shape index (κ3) is 5.28. The molecule has 3 rings (SSSR count). The minimum atomic E-state index is -0.731. The number of nitrogens with zero attached hydrogens (tertiary/aromatic N) is 1. The van der Waals surface area contributed by atoms with Gasteiger partial charge in [-0.2, -0.15) is 0 Å². The Balaban J connectivity index is 1.52. The summed E-state index contributed by atoms with van der Waals surface area (Å²) in [5.41, 5.74) is 1.25. The molecule has 1 spiro atoms. The highest BCUT2D eigenvalue weighted by Gasteiger charge is 2.43. The van der Waals surface area contributed by atoms with E-state index in [9.17, 15) is 4.79 Å². The van der Waals surface area contributed by atoms with E-state index >= 15 is 0 Å². The number of benzene rings is 1. The van der Waals surface area contributed by atoms with Crippen molar-refractivity contribution in [1.29, 1.82) is 0 Å². The molecule has 5 heteroatoms. The maximum absolute atomic E-state index is 10.9. The van der Waals surface area contributed by atoms with E-state index in [4.69, 9.17) is 14.6 Å². The third-order valence-corrected chi connectivity index (χ3v) is 5.90. The van der Waals surface area contributed by atoms with E-state index in [2.05, 4.69) is 23.6 Å². The van der Waals surface area contributed by atoms with E-state index in [-0.39, 0.29) is 11.8 Å². The van der Waals surface area contributed by atoms with Gasteiger partial charge in [-0.05, 0) is 44.7 Å². The second kappa shape index (κ2) is 9.97. The summed E-state index contributed by atoms with van der Waals surface area (Å²) in [5, 5.41) is 8.96. The van der Waals surface area contributed by atoms with E-state index < -0.39 is 5.97 Å². The van der Waals surface area contributed by atoms with Crippen molar-refractivity contribution in [2.24, 2.45) is 0 Å². The summed E-state index contributed by atoms with van der Waals surface area (Å²) >= 11 is 0. The monoisotopic (exact) mass is 387 g/mol. The maximum Gasteiger partial charge on any atom is 0.304 e. The molecule has 2 aliphatic heterocycles. The lowest BCUT2D eigenvalue weighted by Crippen LogP contribution is -2.47. The van der Waals surface area contributed by atoms with Gasteiger partial charge < -0.3 is 19.5 Å². The number of hydrogen-bond donors (Lipinski definition) is 1. The number of ether oxygens (including phenoxy) is 2. The first kappa shape index (κ1) is 20.7. The summed E-state index contributed by atoms with van der Waals surface area (Å²) < 4.78 is 12.0. The molecule has 0 aliphatic carbocycles. The van der Waals surface area contributed by atoms with Crippen LogP contribution in [0.5, 0.6) is 11.5 Å². The largest absolute Gasteiger partial charge is 0.493 e. The van der Waals surface area contributed by atoms with Crippen LogP contribution in [-0.2, 0) is 10.2 Å². The van der Waals surface area contributed by atoms with Crippen LogP contribution in [0.15, 0.2) is 30.9 Å². The topological polar surface area (TPSA) is 59.0 Å². The highest BCUT2D eigenvalue weighted by atomic mass is 16.5. The van der Waals surface area contributed by atoms with Crippen LogP contribution in [0.1, 0.15) is 56.9 Å². The van der Waals surface area contributed by atoms with E-state index in [0.717, 1.165) is 56.9 Å². The van der Waals surface area contributed by atoms with Crippen molar-refractivity contribution in [2.75, 3.05) is 32.8 Å². The first-order chi connectivity index (χ1) is 13.6. The fourth-order valence-corrected chi connectivity index (χ4v) is 4.39. The Labute approximate surface area is 168 Å². The standard InChI is InChI=1S/C23H33NO4/c1-2-3-4-5-6-7-15-27-19-9-10-20-21(16-19)28-18-23(20)12-8-13-24(17-23)14-11-22(25)26/h2,9-10,16H,1,3-8,11-15,17-18H2,(H,25,26). The molecule has 2 aliphatic rings. The predicted molar refractivity (Wildman–Crippen MR) is 110 cm³/mol. The van der Waals surface area contributed by atoms with E-state index in [0.29, 0.717) is 13.2 Å². The van der Waals surface area contributed by atoms with Crippen LogP contribution in [0.4, 0.5) is 0 Å². The zero-order valence-electron chi connectivity index (χ0n) is 16.8. The van der Waals surface area contributed by atoms with Crippen LogP contribution in [0, 0.1) is 0 Å². The van der Waals surface area contributed by atoms with Crippen molar-refractivity contribution in [1.82, 2.24) is 4.90 Å². The SMILES string of the molecule is C=CCCCCCCOc1ccc2c(c1)OCC21CCCN(CCC(=O)O)C1. The van der Waals surface area contributed by atoms with Crippen LogP contribution in [0.3, 0.4) is 0 Å². The molecule has 2 heterocycles. The van der Waals surface area contributed by atoms with Crippen molar-refractivity contribution in [3.63, 3.8) is 0 Å². The van der Waals surface area contributed by atoms with Crippen LogP contribution >= 0.6 is 0 Å². The van der Waals surface area contributed by atoms with Crippen molar-refractivity contribution < 1.29 is 19.4 Å². The fourth-order valence-electron chi connectivity index (χ4n) is 4.39. The number of piperidine rings is 1. The molecule has 0 saturated carbocycles. The molecule has 5 nitrogen and oxygen atoms in total. The van der Waals surface area contributed by atoms with E-state index in [1.165, 1.54) is 24.8 Å². The quantitative estimate of drug-likeness (QED) is 0.450. The van der Waals surface area contributed by atoms with Crippen LogP contribution in [0.2, 0.25) is 0 Å². The van der Waals surface area contributed by atoms with Crippen molar-refractivity contribution in [3.05, 3.63) is 36.4 Å². The van der Waals surface area contributed by atoms with Gasteiger partial charge in [-0.15, -0.1) is 6.58 Å². The van der Waals surface area contributed by atoms with Gasteiger partial charge in [0.05, 0.1) is 19.6 Å². The van der Waals surface area contributed by atoms with Gasteiger partial charge in [0.2, 0.25) is 0 Å². The number of carboxylic acids is 1. The summed E-state index contributed by atoms with van der Waals surface area (Å²) in [6, 6.07) is 6.24. The molecule has 1 aromatic carbocycles. The number of fused-ring (bicyclic) bond motifs is 2. The molecular formula is C23H33NO4. The number of unbranched alkanes of at least 4 members (excludes halogenated alkanes) is 4. The minimum absolute atomic E-state index is 0.00420. The number of hydrogen-bond acceptors (Lipinski definition) is 4. The number of carboxylic acid groups (broad SMARTS) is 1. The van der Waals surface area contributed by atoms with Crippen molar-refractivity contribution in [2.45, 2.75) is 56.8 Å². The van der Waals surface area contributed by atoms with Crippen LogP contribution in [-0.4, -0.2) is 48.8 Å². The Bertz CT molecular complexity index is 675. The molecule has 1 unspecified atom stereocenters. The first-order valence-electron chi connectivity index (χ1n) is 10.6. The van der Waals surface area contributed by atoms with Gasteiger partial charge in [-0.3, -0.25) is 4.79 Å². The van der Waals surface area contributed by atoms with Crippen LogP contribution in [0.25, 0.3) is 0 Å². The predicted octanol–water partition coefficient (Wildman–Crippen LogP) is 4.40. The van der Waals surface area contributed by atoms with Gasteiger partial charge in [-0.25, -0.2) is 0 Å². The Hall–Kier alpha value is -2.01. The van der Waals surface area contributed by atoms with Gasteiger partial charge in [0.1, 0.15) is 11.5 Å². The molecule has 1 aromatic rings. The number of likely N-dealkylation sites (tertiary alicyclic amines) is 1. The highest BCUT2D eigenvalue weighted by molar-refractivity contribution is 5.66. The number of carbonyl (C=O) groups is 1.